The lowest BCUT2D eigenvalue weighted by atomic mass is 10.2. The van der Waals surface area contributed by atoms with Crippen LogP contribution in [0.3, 0.4) is 0 Å². The number of hydrogen-bond acceptors (Lipinski definition) is 4. The second-order valence-electron chi connectivity index (χ2n) is 7.64. The summed E-state index contributed by atoms with van der Waals surface area (Å²) in [5.41, 5.74) is 1.26. The maximum Gasteiger partial charge on any atom is 0.275 e. The van der Waals surface area contributed by atoms with Gasteiger partial charge in [-0.15, -0.1) is 0 Å². The number of rotatable bonds is 6. The maximum absolute atomic E-state index is 13.8. The Morgan fingerprint density at radius 2 is 1.90 bits per heavy atom. The summed E-state index contributed by atoms with van der Waals surface area (Å²) in [4.78, 5) is 30.0. The molecule has 0 unspecified atom stereocenters. The minimum atomic E-state index is -0.440. The number of amides is 1. The molecule has 7 nitrogen and oxygen atoms in total. The number of halogens is 1. The van der Waals surface area contributed by atoms with Crippen molar-refractivity contribution in [3.63, 3.8) is 0 Å². The third-order valence-corrected chi connectivity index (χ3v) is 5.57. The Morgan fingerprint density at radius 1 is 1.10 bits per heavy atom. The van der Waals surface area contributed by atoms with E-state index in [-0.39, 0.29) is 18.0 Å². The number of carbonyl (C=O) groups is 1. The molecule has 0 bridgehead atoms. The molecule has 0 aliphatic carbocycles. The predicted octanol–water partition coefficient (Wildman–Crippen LogP) is 1.15. The van der Waals surface area contributed by atoms with Crippen molar-refractivity contribution < 1.29 is 9.18 Å². The SMILES string of the molecule is CN1CCN(CCCNC(=O)Cn2c(=O)c3cccn3c3ccc(F)cc32)CC1. The van der Waals surface area contributed by atoms with Crippen LogP contribution in [0.5, 0.6) is 0 Å². The topological polar surface area (TPSA) is 62.0 Å². The van der Waals surface area contributed by atoms with Crippen LogP contribution in [-0.2, 0) is 11.3 Å². The lowest BCUT2D eigenvalue weighted by Gasteiger charge is -2.32. The van der Waals surface area contributed by atoms with Gasteiger partial charge < -0.3 is 19.5 Å². The van der Waals surface area contributed by atoms with Crippen molar-refractivity contribution in [3.8, 4) is 0 Å². The summed E-state index contributed by atoms with van der Waals surface area (Å²) < 4.78 is 16.9. The minimum Gasteiger partial charge on any atom is -0.355 e. The molecule has 1 aliphatic heterocycles. The summed E-state index contributed by atoms with van der Waals surface area (Å²) in [5, 5.41) is 2.89. The van der Waals surface area contributed by atoms with Crippen LogP contribution in [0, 0.1) is 5.82 Å². The van der Waals surface area contributed by atoms with Crippen LogP contribution >= 0.6 is 0 Å². The van der Waals surface area contributed by atoms with Crippen LogP contribution in [0.2, 0.25) is 0 Å². The predicted molar refractivity (Wildman–Crippen MR) is 111 cm³/mol. The van der Waals surface area contributed by atoms with Crippen molar-refractivity contribution in [1.82, 2.24) is 24.1 Å². The molecule has 3 aromatic rings. The molecule has 4 rings (SSSR count). The second-order valence-corrected chi connectivity index (χ2v) is 7.64. The van der Waals surface area contributed by atoms with Gasteiger partial charge >= 0.3 is 0 Å². The van der Waals surface area contributed by atoms with E-state index >= 15 is 0 Å². The molecule has 3 heterocycles. The largest absolute Gasteiger partial charge is 0.355 e. The van der Waals surface area contributed by atoms with Crippen molar-refractivity contribution >= 4 is 22.5 Å². The molecule has 1 fully saturated rings. The third kappa shape index (κ3) is 4.18. The van der Waals surface area contributed by atoms with E-state index in [2.05, 4.69) is 22.2 Å². The van der Waals surface area contributed by atoms with Crippen molar-refractivity contribution in [3.05, 3.63) is 52.7 Å². The fourth-order valence-corrected chi connectivity index (χ4v) is 3.89. The van der Waals surface area contributed by atoms with E-state index in [9.17, 15) is 14.0 Å². The van der Waals surface area contributed by atoms with Gasteiger partial charge in [-0.1, -0.05) is 0 Å². The van der Waals surface area contributed by atoms with Crippen LogP contribution < -0.4 is 10.9 Å². The van der Waals surface area contributed by atoms with E-state index in [1.165, 1.54) is 16.7 Å². The molecule has 0 radical (unpaired) electrons. The number of likely N-dealkylation sites (N-methyl/N-ethyl adjacent to an activating group) is 1. The molecule has 0 saturated carbocycles. The van der Waals surface area contributed by atoms with Gasteiger partial charge in [0.05, 0.1) is 11.0 Å². The van der Waals surface area contributed by atoms with Crippen LogP contribution in [-0.4, -0.2) is 71.0 Å². The minimum absolute atomic E-state index is 0.130. The second kappa shape index (κ2) is 8.34. The van der Waals surface area contributed by atoms with E-state index in [1.54, 1.807) is 28.8 Å². The lowest BCUT2D eigenvalue weighted by molar-refractivity contribution is -0.121. The molecular weight excluding hydrogens is 373 g/mol. The monoisotopic (exact) mass is 399 g/mol. The van der Waals surface area contributed by atoms with Gasteiger partial charge in [-0.25, -0.2) is 4.39 Å². The summed E-state index contributed by atoms with van der Waals surface area (Å²) in [6, 6.07) is 7.76. The fraction of sp³-hybridized carbons (Fsp3) is 0.429. The van der Waals surface area contributed by atoms with Gasteiger partial charge in [-0.2, -0.15) is 0 Å². The molecule has 0 spiro atoms. The zero-order valence-corrected chi connectivity index (χ0v) is 16.6. The molecule has 1 N–H and O–H groups in total. The molecule has 8 heteroatoms. The summed E-state index contributed by atoms with van der Waals surface area (Å²) in [5.74, 6) is -0.684. The Labute approximate surface area is 168 Å². The lowest BCUT2D eigenvalue weighted by Crippen LogP contribution is -2.45. The average molecular weight is 399 g/mol. The van der Waals surface area contributed by atoms with E-state index in [0.29, 0.717) is 23.1 Å². The van der Waals surface area contributed by atoms with E-state index in [1.807, 2.05) is 0 Å². The van der Waals surface area contributed by atoms with Gasteiger partial charge in [0.2, 0.25) is 5.91 Å². The highest BCUT2D eigenvalue weighted by atomic mass is 19.1. The van der Waals surface area contributed by atoms with Crippen molar-refractivity contribution in [2.75, 3.05) is 46.3 Å². The molecule has 1 amide bonds. The van der Waals surface area contributed by atoms with Crippen LogP contribution in [0.25, 0.3) is 16.6 Å². The standard InChI is InChI=1S/C21H26FN5O2/c1-24-10-12-25(13-11-24)8-3-7-23-20(28)15-27-19-14-16(22)5-6-17(19)26-9-2-4-18(26)21(27)29/h2,4-6,9,14H,3,7-8,10-13,15H2,1H3,(H,23,28). The first kappa shape index (κ1) is 19.6. The molecule has 29 heavy (non-hydrogen) atoms. The van der Waals surface area contributed by atoms with Gasteiger partial charge in [0.25, 0.3) is 5.56 Å². The number of hydrogen-bond donors (Lipinski definition) is 1. The Hall–Kier alpha value is -2.71. The maximum atomic E-state index is 13.8. The molecule has 1 aliphatic rings. The molecule has 1 aromatic carbocycles. The summed E-state index contributed by atoms with van der Waals surface area (Å²) in [7, 11) is 2.13. The van der Waals surface area contributed by atoms with Gasteiger partial charge in [-0.3, -0.25) is 14.2 Å². The number of nitrogens with zero attached hydrogens (tertiary/aromatic N) is 4. The van der Waals surface area contributed by atoms with Crippen molar-refractivity contribution in [2.45, 2.75) is 13.0 Å². The normalized spacial score (nSPS) is 15.9. The molecular formula is C21H26FN5O2. The number of benzene rings is 1. The average Bonchev–Trinajstić information content (AvgIpc) is 3.20. The van der Waals surface area contributed by atoms with Gasteiger partial charge in [0, 0.05) is 38.9 Å². The smallest absolute Gasteiger partial charge is 0.275 e. The Bertz CT molecular complexity index is 1080. The highest BCUT2D eigenvalue weighted by molar-refractivity contribution is 5.82. The van der Waals surface area contributed by atoms with E-state index in [4.69, 9.17) is 0 Å². The Balaban J connectivity index is 1.43. The summed E-state index contributed by atoms with van der Waals surface area (Å²) in [6.45, 7) is 5.61. The quantitative estimate of drug-likeness (QED) is 0.632. The Morgan fingerprint density at radius 3 is 2.69 bits per heavy atom. The number of nitrogens with one attached hydrogen (secondary N) is 1. The van der Waals surface area contributed by atoms with Gasteiger partial charge in [0.15, 0.2) is 0 Å². The van der Waals surface area contributed by atoms with Crippen LogP contribution in [0.15, 0.2) is 41.3 Å². The third-order valence-electron chi connectivity index (χ3n) is 5.57. The molecule has 0 atom stereocenters. The van der Waals surface area contributed by atoms with E-state index < -0.39 is 5.82 Å². The van der Waals surface area contributed by atoms with Crippen LogP contribution in [0.1, 0.15) is 6.42 Å². The fourth-order valence-electron chi connectivity index (χ4n) is 3.89. The zero-order valence-electron chi connectivity index (χ0n) is 16.6. The molecule has 2 aromatic heterocycles. The Kier molecular flexibility index (Phi) is 5.64. The first-order chi connectivity index (χ1) is 14.0. The van der Waals surface area contributed by atoms with E-state index in [0.717, 1.165) is 39.1 Å². The molecule has 1 saturated heterocycles. The number of aromatic nitrogens is 2. The molecule has 154 valence electrons. The first-order valence-electron chi connectivity index (χ1n) is 9.99. The number of carbonyl (C=O) groups excluding carboxylic acids is 1. The highest BCUT2D eigenvalue weighted by Gasteiger charge is 2.15. The van der Waals surface area contributed by atoms with Crippen molar-refractivity contribution in [1.29, 1.82) is 0 Å². The van der Waals surface area contributed by atoms with Crippen LogP contribution in [0.4, 0.5) is 4.39 Å². The van der Waals surface area contributed by atoms with Crippen molar-refractivity contribution in [2.24, 2.45) is 0 Å². The van der Waals surface area contributed by atoms with Gasteiger partial charge in [-0.05, 0) is 50.3 Å². The first-order valence-corrected chi connectivity index (χ1v) is 9.99. The number of piperazine rings is 1. The summed E-state index contributed by atoms with van der Waals surface area (Å²) in [6.07, 6.45) is 2.62. The summed E-state index contributed by atoms with van der Waals surface area (Å²) >= 11 is 0. The number of fused-ring (bicyclic) bond motifs is 3. The zero-order chi connectivity index (χ0) is 20.4. The van der Waals surface area contributed by atoms with Gasteiger partial charge in [0.1, 0.15) is 17.9 Å². The highest BCUT2D eigenvalue weighted by Crippen LogP contribution is 2.16.